The third kappa shape index (κ3) is 4.96. The SMILES string of the molecule is CCOC(=O)N1CCN(C(=O)Cc2nc(-c3ccc(C(C)C)cc3)oc2C)CC1. The minimum absolute atomic E-state index is 0.00776. The molecule has 0 unspecified atom stereocenters. The van der Waals surface area contributed by atoms with Crippen molar-refractivity contribution in [2.45, 2.75) is 40.0 Å². The lowest BCUT2D eigenvalue weighted by molar-refractivity contribution is -0.132. The highest BCUT2D eigenvalue weighted by Crippen LogP contribution is 2.24. The van der Waals surface area contributed by atoms with Crippen LogP contribution in [0.1, 0.15) is 43.7 Å². The number of nitrogens with zero attached hydrogens (tertiary/aromatic N) is 3. The molecule has 3 rings (SSSR count). The zero-order valence-electron chi connectivity index (χ0n) is 17.6. The van der Waals surface area contributed by atoms with Gasteiger partial charge in [-0.05, 0) is 37.5 Å². The van der Waals surface area contributed by atoms with Gasteiger partial charge in [0.05, 0.1) is 18.7 Å². The van der Waals surface area contributed by atoms with E-state index in [0.717, 1.165) is 5.56 Å². The first-order valence-corrected chi connectivity index (χ1v) is 10.1. The molecule has 7 heteroatoms. The molecule has 1 fully saturated rings. The first-order chi connectivity index (χ1) is 13.9. The van der Waals surface area contributed by atoms with E-state index in [1.165, 1.54) is 5.56 Å². The summed E-state index contributed by atoms with van der Waals surface area (Å²) in [5.41, 5.74) is 2.82. The number of carbonyl (C=O) groups is 2. The van der Waals surface area contributed by atoms with Gasteiger partial charge in [0.2, 0.25) is 11.8 Å². The quantitative estimate of drug-likeness (QED) is 0.768. The Kier molecular flexibility index (Phi) is 6.56. The lowest BCUT2D eigenvalue weighted by Crippen LogP contribution is -2.51. The molecule has 0 spiro atoms. The predicted octanol–water partition coefficient (Wildman–Crippen LogP) is 3.62. The molecule has 29 heavy (non-hydrogen) atoms. The largest absolute Gasteiger partial charge is 0.450 e. The Labute approximate surface area is 171 Å². The Morgan fingerprint density at radius 2 is 1.72 bits per heavy atom. The maximum absolute atomic E-state index is 12.7. The second-order valence-corrected chi connectivity index (χ2v) is 7.54. The number of hydrogen-bond donors (Lipinski definition) is 0. The first-order valence-electron chi connectivity index (χ1n) is 10.1. The molecule has 1 aromatic carbocycles. The van der Waals surface area contributed by atoms with Crippen LogP contribution in [0.15, 0.2) is 28.7 Å². The number of benzene rings is 1. The molecule has 0 atom stereocenters. The molecule has 1 aromatic heterocycles. The van der Waals surface area contributed by atoms with Crippen LogP contribution in [-0.2, 0) is 16.0 Å². The van der Waals surface area contributed by atoms with E-state index in [1.54, 1.807) is 16.7 Å². The zero-order chi connectivity index (χ0) is 21.0. The molecule has 0 N–H and O–H groups in total. The molecule has 2 aromatic rings. The Hall–Kier alpha value is -2.83. The average Bonchev–Trinajstić information content (AvgIpc) is 3.08. The van der Waals surface area contributed by atoms with Crippen LogP contribution < -0.4 is 0 Å². The molecule has 0 bridgehead atoms. The van der Waals surface area contributed by atoms with E-state index in [2.05, 4.69) is 31.0 Å². The van der Waals surface area contributed by atoms with Crippen LogP contribution >= 0.6 is 0 Å². The minimum atomic E-state index is -0.319. The van der Waals surface area contributed by atoms with E-state index in [0.29, 0.717) is 56.0 Å². The molecule has 0 radical (unpaired) electrons. The predicted molar refractivity (Wildman–Crippen MR) is 110 cm³/mol. The molecule has 1 aliphatic heterocycles. The molecule has 0 saturated carbocycles. The van der Waals surface area contributed by atoms with Crippen molar-refractivity contribution < 1.29 is 18.7 Å². The summed E-state index contributed by atoms with van der Waals surface area (Å²) in [5.74, 6) is 1.65. The van der Waals surface area contributed by atoms with Gasteiger partial charge in [-0.2, -0.15) is 0 Å². The topological polar surface area (TPSA) is 75.9 Å². The third-order valence-electron chi connectivity index (χ3n) is 5.19. The number of aromatic nitrogens is 1. The van der Waals surface area contributed by atoms with E-state index in [-0.39, 0.29) is 18.4 Å². The van der Waals surface area contributed by atoms with Crippen LogP contribution in [0, 0.1) is 6.92 Å². The fourth-order valence-electron chi connectivity index (χ4n) is 3.33. The lowest BCUT2D eigenvalue weighted by atomic mass is 10.0. The van der Waals surface area contributed by atoms with Crippen LogP contribution in [0.25, 0.3) is 11.5 Å². The molecule has 7 nitrogen and oxygen atoms in total. The third-order valence-corrected chi connectivity index (χ3v) is 5.19. The summed E-state index contributed by atoms with van der Waals surface area (Å²) >= 11 is 0. The van der Waals surface area contributed by atoms with Crippen LogP contribution in [0.4, 0.5) is 4.79 Å². The van der Waals surface area contributed by atoms with E-state index in [1.807, 2.05) is 19.1 Å². The van der Waals surface area contributed by atoms with Gasteiger partial charge < -0.3 is 19.0 Å². The standard InChI is InChI=1S/C22H29N3O4/c1-5-28-22(27)25-12-10-24(11-13-25)20(26)14-19-16(4)29-21(23-19)18-8-6-17(7-9-18)15(2)3/h6-9,15H,5,10-14H2,1-4H3. The van der Waals surface area contributed by atoms with E-state index in [4.69, 9.17) is 9.15 Å². The minimum Gasteiger partial charge on any atom is -0.450 e. The highest BCUT2D eigenvalue weighted by atomic mass is 16.6. The second kappa shape index (κ2) is 9.11. The van der Waals surface area contributed by atoms with E-state index in [9.17, 15) is 9.59 Å². The lowest BCUT2D eigenvalue weighted by Gasteiger charge is -2.34. The molecular formula is C22H29N3O4. The number of oxazole rings is 1. The fourth-order valence-corrected chi connectivity index (χ4v) is 3.33. The maximum Gasteiger partial charge on any atom is 0.409 e. The summed E-state index contributed by atoms with van der Waals surface area (Å²) in [6.07, 6.45) is -0.126. The number of carbonyl (C=O) groups excluding carboxylic acids is 2. The Morgan fingerprint density at radius 1 is 1.10 bits per heavy atom. The molecule has 156 valence electrons. The van der Waals surface area contributed by atoms with Gasteiger partial charge in [-0.1, -0.05) is 26.0 Å². The van der Waals surface area contributed by atoms with Gasteiger partial charge in [0.25, 0.3) is 0 Å². The highest BCUT2D eigenvalue weighted by Gasteiger charge is 2.26. The monoisotopic (exact) mass is 399 g/mol. The molecule has 1 aliphatic rings. The molecule has 0 aliphatic carbocycles. The van der Waals surface area contributed by atoms with Gasteiger partial charge in [0, 0.05) is 31.7 Å². The van der Waals surface area contributed by atoms with Crippen molar-refractivity contribution in [1.29, 1.82) is 0 Å². The maximum atomic E-state index is 12.7. The van der Waals surface area contributed by atoms with Crippen LogP contribution in [0.2, 0.25) is 0 Å². The molecule has 2 amide bonds. The van der Waals surface area contributed by atoms with Crippen molar-refractivity contribution in [3.05, 3.63) is 41.3 Å². The Balaban J connectivity index is 1.61. The van der Waals surface area contributed by atoms with Gasteiger partial charge in [-0.15, -0.1) is 0 Å². The normalized spacial score (nSPS) is 14.4. The first kappa shape index (κ1) is 20.9. The summed E-state index contributed by atoms with van der Waals surface area (Å²) in [7, 11) is 0. The summed E-state index contributed by atoms with van der Waals surface area (Å²) < 4.78 is 10.8. The van der Waals surface area contributed by atoms with Crippen molar-refractivity contribution in [3.8, 4) is 11.5 Å². The second-order valence-electron chi connectivity index (χ2n) is 7.54. The molecular weight excluding hydrogens is 370 g/mol. The number of hydrogen-bond acceptors (Lipinski definition) is 5. The van der Waals surface area contributed by atoms with Crippen LogP contribution in [-0.4, -0.2) is 59.6 Å². The molecule has 1 saturated heterocycles. The van der Waals surface area contributed by atoms with Gasteiger partial charge in [0.15, 0.2) is 0 Å². The van der Waals surface area contributed by atoms with Gasteiger partial charge >= 0.3 is 6.09 Å². The van der Waals surface area contributed by atoms with Crippen molar-refractivity contribution in [1.82, 2.24) is 14.8 Å². The Morgan fingerprint density at radius 3 is 2.31 bits per heavy atom. The van der Waals surface area contributed by atoms with E-state index < -0.39 is 0 Å². The number of amides is 2. The fraction of sp³-hybridized carbons (Fsp3) is 0.500. The van der Waals surface area contributed by atoms with Gasteiger partial charge in [0.1, 0.15) is 5.76 Å². The number of aryl methyl sites for hydroxylation is 1. The van der Waals surface area contributed by atoms with Gasteiger partial charge in [-0.3, -0.25) is 4.79 Å². The summed E-state index contributed by atoms with van der Waals surface area (Å²) in [4.78, 5) is 32.4. The highest BCUT2D eigenvalue weighted by molar-refractivity contribution is 5.79. The smallest absolute Gasteiger partial charge is 0.409 e. The summed E-state index contributed by atoms with van der Waals surface area (Å²) in [6, 6.07) is 8.16. The number of ether oxygens (including phenoxy) is 1. The van der Waals surface area contributed by atoms with Gasteiger partial charge in [-0.25, -0.2) is 9.78 Å². The van der Waals surface area contributed by atoms with E-state index >= 15 is 0 Å². The zero-order valence-corrected chi connectivity index (χ0v) is 17.6. The van der Waals surface area contributed by atoms with Crippen molar-refractivity contribution in [3.63, 3.8) is 0 Å². The van der Waals surface area contributed by atoms with Crippen LogP contribution in [0.3, 0.4) is 0 Å². The number of piperazine rings is 1. The van der Waals surface area contributed by atoms with Crippen molar-refractivity contribution in [2.75, 3.05) is 32.8 Å². The van der Waals surface area contributed by atoms with Crippen LogP contribution in [0.5, 0.6) is 0 Å². The Bertz CT molecular complexity index is 849. The molecule has 2 heterocycles. The summed E-state index contributed by atoms with van der Waals surface area (Å²) in [5, 5.41) is 0. The van der Waals surface area contributed by atoms with Crippen molar-refractivity contribution >= 4 is 12.0 Å². The number of rotatable bonds is 5. The van der Waals surface area contributed by atoms with Crippen molar-refractivity contribution in [2.24, 2.45) is 0 Å². The average molecular weight is 399 g/mol. The summed E-state index contributed by atoms with van der Waals surface area (Å²) in [6.45, 7) is 10.2.